The monoisotopic (exact) mass is 295 g/mol. The second-order valence-electron chi connectivity index (χ2n) is 4.33. The Hall–Kier alpha value is -1.23. The van der Waals surface area contributed by atoms with E-state index in [1.165, 1.54) is 4.88 Å². The Morgan fingerprint density at radius 3 is 2.63 bits per heavy atom. The smallest absolute Gasteiger partial charge is 0.161 e. The predicted molar refractivity (Wildman–Crippen MR) is 77.7 cm³/mol. The van der Waals surface area contributed by atoms with Crippen LogP contribution in [0.25, 0.3) is 0 Å². The number of hydrogen-bond acceptors (Lipinski definition) is 4. The van der Waals surface area contributed by atoms with E-state index in [1.807, 2.05) is 30.3 Å². The van der Waals surface area contributed by atoms with Gasteiger partial charge in [0.2, 0.25) is 0 Å². The maximum absolute atomic E-state index is 6.00. The molecule has 3 nitrogen and oxygen atoms in total. The standard InChI is InChI=1S/C14H14ClNO2S/c15-14-4-3-13(19-14)10(8-16)9-1-2-11-12(7-9)18-6-5-17-11/h1-4,7,10H,5-6,8,16H2. The first-order valence-electron chi connectivity index (χ1n) is 6.13. The van der Waals surface area contributed by atoms with E-state index >= 15 is 0 Å². The number of halogens is 1. The molecule has 0 saturated heterocycles. The lowest BCUT2D eigenvalue weighted by molar-refractivity contribution is 0.171. The van der Waals surface area contributed by atoms with Crippen molar-refractivity contribution < 1.29 is 9.47 Å². The molecule has 1 atom stereocenters. The number of nitrogens with two attached hydrogens (primary N) is 1. The maximum Gasteiger partial charge on any atom is 0.161 e. The summed E-state index contributed by atoms with van der Waals surface area (Å²) in [6, 6.07) is 9.93. The molecule has 0 amide bonds. The van der Waals surface area contributed by atoms with E-state index in [-0.39, 0.29) is 5.92 Å². The number of hydrogen-bond donors (Lipinski definition) is 1. The molecule has 100 valence electrons. The summed E-state index contributed by atoms with van der Waals surface area (Å²) in [5.41, 5.74) is 7.04. The van der Waals surface area contributed by atoms with Gasteiger partial charge in [0, 0.05) is 17.3 Å². The molecular formula is C14H14ClNO2S. The highest BCUT2D eigenvalue weighted by Crippen LogP contribution is 2.37. The second-order valence-corrected chi connectivity index (χ2v) is 6.08. The topological polar surface area (TPSA) is 44.5 Å². The summed E-state index contributed by atoms with van der Waals surface area (Å²) in [6.45, 7) is 1.73. The summed E-state index contributed by atoms with van der Waals surface area (Å²) in [4.78, 5) is 1.17. The first-order chi connectivity index (χ1) is 9.28. The zero-order chi connectivity index (χ0) is 13.2. The van der Waals surface area contributed by atoms with Gasteiger partial charge in [0.25, 0.3) is 0 Å². The lowest BCUT2D eigenvalue weighted by Crippen LogP contribution is -2.17. The van der Waals surface area contributed by atoms with Crippen molar-refractivity contribution in [3.8, 4) is 11.5 Å². The molecule has 1 unspecified atom stereocenters. The van der Waals surface area contributed by atoms with Crippen LogP contribution in [-0.2, 0) is 0 Å². The van der Waals surface area contributed by atoms with Crippen LogP contribution < -0.4 is 15.2 Å². The minimum atomic E-state index is 0.147. The normalized spacial score (nSPS) is 15.3. The van der Waals surface area contributed by atoms with Crippen molar-refractivity contribution in [1.29, 1.82) is 0 Å². The fraction of sp³-hybridized carbons (Fsp3) is 0.286. The molecule has 19 heavy (non-hydrogen) atoms. The first kappa shape index (κ1) is 12.8. The van der Waals surface area contributed by atoms with Crippen LogP contribution in [0.5, 0.6) is 11.5 Å². The lowest BCUT2D eigenvalue weighted by Gasteiger charge is -2.21. The molecule has 2 aromatic rings. The van der Waals surface area contributed by atoms with Gasteiger partial charge in [0.05, 0.1) is 4.34 Å². The fourth-order valence-electron chi connectivity index (χ4n) is 2.21. The molecule has 1 aliphatic rings. The van der Waals surface area contributed by atoms with Crippen molar-refractivity contribution in [2.75, 3.05) is 19.8 Å². The van der Waals surface area contributed by atoms with Crippen molar-refractivity contribution in [3.63, 3.8) is 0 Å². The van der Waals surface area contributed by atoms with Crippen molar-refractivity contribution in [3.05, 3.63) is 45.1 Å². The van der Waals surface area contributed by atoms with Gasteiger partial charge in [-0.1, -0.05) is 17.7 Å². The molecule has 2 N–H and O–H groups in total. The molecule has 0 fully saturated rings. The van der Waals surface area contributed by atoms with Gasteiger partial charge < -0.3 is 15.2 Å². The van der Waals surface area contributed by atoms with Gasteiger partial charge in [0.15, 0.2) is 11.5 Å². The van der Waals surface area contributed by atoms with Crippen LogP contribution in [0, 0.1) is 0 Å². The van der Waals surface area contributed by atoms with Crippen molar-refractivity contribution >= 4 is 22.9 Å². The summed E-state index contributed by atoms with van der Waals surface area (Å²) in [5.74, 6) is 1.74. The van der Waals surface area contributed by atoms with Crippen LogP contribution in [0.15, 0.2) is 30.3 Å². The highest BCUT2D eigenvalue weighted by molar-refractivity contribution is 7.16. The third kappa shape index (κ3) is 2.56. The van der Waals surface area contributed by atoms with Crippen LogP contribution in [0.4, 0.5) is 0 Å². The molecule has 1 aromatic carbocycles. The zero-order valence-corrected chi connectivity index (χ0v) is 11.8. The molecule has 0 aliphatic carbocycles. The number of thiophene rings is 1. The Kier molecular flexibility index (Phi) is 3.64. The van der Waals surface area contributed by atoms with E-state index in [4.69, 9.17) is 26.8 Å². The number of benzene rings is 1. The Morgan fingerprint density at radius 2 is 1.95 bits per heavy atom. The van der Waals surface area contributed by atoms with Gasteiger partial charge in [-0.05, 0) is 29.8 Å². The van der Waals surface area contributed by atoms with Crippen LogP contribution >= 0.6 is 22.9 Å². The molecular weight excluding hydrogens is 282 g/mol. The van der Waals surface area contributed by atoms with Crippen LogP contribution in [0.1, 0.15) is 16.4 Å². The molecule has 5 heteroatoms. The average Bonchev–Trinajstić information content (AvgIpc) is 2.86. The Balaban J connectivity index is 1.95. The van der Waals surface area contributed by atoms with Crippen LogP contribution in [0.2, 0.25) is 4.34 Å². The highest BCUT2D eigenvalue weighted by atomic mass is 35.5. The first-order valence-corrected chi connectivity index (χ1v) is 7.32. The van der Waals surface area contributed by atoms with Gasteiger partial charge in [-0.25, -0.2) is 0 Å². The molecule has 3 rings (SSSR count). The second kappa shape index (κ2) is 5.41. The van der Waals surface area contributed by atoms with Gasteiger partial charge in [-0.2, -0.15) is 0 Å². The van der Waals surface area contributed by atoms with Gasteiger partial charge in [-0.3, -0.25) is 0 Å². The minimum Gasteiger partial charge on any atom is -0.486 e. The SMILES string of the molecule is NCC(c1ccc2c(c1)OCCO2)c1ccc(Cl)s1. The molecule has 1 aromatic heterocycles. The third-order valence-electron chi connectivity index (χ3n) is 3.14. The third-order valence-corrected chi connectivity index (χ3v) is 4.49. The number of rotatable bonds is 3. The van der Waals surface area contributed by atoms with Gasteiger partial charge >= 0.3 is 0 Å². The molecule has 0 radical (unpaired) electrons. The average molecular weight is 296 g/mol. The van der Waals surface area contributed by atoms with E-state index in [9.17, 15) is 0 Å². The molecule has 0 saturated carbocycles. The van der Waals surface area contributed by atoms with E-state index in [0.29, 0.717) is 19.8 Å². The summed E-state index contributed by atoms with van der Waals surface area (Å²) in [5, 5.41) is 0. The number of fused-ring (bicyclic) bond motifs is 1. The van der Waals surface area contributed by atoms with E-state index in [0.717, 1.165) is 21.4 Å². The van der Waals surface area contributed by atoms with Crippen molar-refractivity contribution in [1.82, 2.24) is 0 Å². The Labute approximate surface area is 120 Å². The van der Waals surface area contributed by atoms with E-state index < -0.39 is 0 Å². The van der Waals surface area contributed by atoms with Crippen molar-refractivity contribution in [2.45, 2.75) is 5.92 Å². The Bertz CT molecular complexity index is 585. The predicted octanol–water partition coefficient (Wildman–Crippen LogP) is 3.26. The Morgan fingerprint density at radius 1 is 1.16 bits per heavy atom. The molecule has 1 aliphatic heterocycles. The van der Waals surface area contributed by atoms with Crippen LogP contribution in [0.3, 0.4) is 0 Å². The van der Waals surface area contributed by atoms with E-state index in [1.54, 1.807) is 11.3 Å². The highest BCUT2D eigenvalue weighted by Gasteiger charge is 2.18. The lowest BCUT2D eigenvalue weighted by atomic mass is 9.97. The summed E-state index contributed by atoms with van der Waals surface area (Å²) >= 11 is 7.56. The van der Waals surface area contributed by atoms with Gasteiger partial charge in [0.1, 0.15) is 13.2 Å². The van der Waals surface area contributed by atoms with Crippen molar-refractivity contribution in [2.24, 2.45) is 5.73 Å². The molecule has 0 bridgehead atoms. The maximum atomic E-state index is 6.00. The van der Waals surface area contributed by atoms with E-state index in [2.05, 4.69) is 0 Å². The number of ether oxygens (including phenoxy) is 2. The summed E-state index contributed by atoms with van der Waals surface area (Å²) in [6.07, 6.45) is 0. The minimum absolute atomic E-state index is 0.147. The summed E-state index contributed by atoms with van der Waals surface area (Å²) in [7, 11) is 0. The fourth-order valence-corrected chi connectivity index (χ4v) is 3.41. The molecule has 2 heterocycles. The van der Waals surface area contributed by atoms with Gasteiger partial charge in [-0.15, -0.1) is 11.3 Å². The van der Waals surface area contributed by atoms with Crippen LogP contribution in [-0.4, -0.2) is 19.8 Å². The zero-order valence-electron chi connectivity index (χ0n) is 10.3. The largest absolute Gasteiger partial charge is 0.486 e. The quantitative estimate of drug-likeness (QED) is 0.945. The molecule has 0 spiro atoms. The summed E-state index contributed by atoms with van der Waals surface area (Å²) < 4.78 is 11.9.